The number of nitrogens with zero attached hydrogens (tertiary/aromatic N) is 6. The van der Waals surface area contributed by atoms with Gasteiger partial charge < -0.3 is 39.7 Å². The van der Waals surface area contributed by atoms with Gasteiger partial charge in [-0.1, -0.05) is 94.6 Å². The van der Waals surface area contributed by atoms with E-state index in [1.165, 1.54) is 30.2 Å². The zero-order valence-electron chi connectivity index (χ0n) is 58.3. The first-order chi connectivity index (χ1) is 47.7. The molecule has 6 heterocycles. The Hall–Kier alpha value is -7.02. The monoisotopic (exact) mass is 1400 g/mol. The van der Waals surface area contributed by atoms with Gasteiger partial charge in [0.05, 0.1) is 43.3 Å². The van der Waals surface area contributed by atoms with Gasteiger partial charge in [0.15, 0.2) is 0 Å². The SMILES string of the molecule is CCC1CN(CCOc2ccc([C@@H]3c4ccc(C(=O)O)cc4C[C@@H](C)N3CC(F)(F)F)cc2)C1.CCC1CN(CCOc2ccc([C@@H]3c4ccc(O)cc4C[C@@H](C)N3CC(F)(F)CO)cc2)C1.CCC1CN(CCOc2ccc([C@H]3c4ccc(O)cc4C[C@H](C)N3CC(F)(F)CO)cc2)C1. The molecule has 0 radical (unpaired) electrons. The molecule has 0 unspecified atom stereocenters. The fourth-order valence-electron chi connectivity index (χ4n) is 15.0. The normalized spacial score (nSPS) is 21.9. The zero-order chi connectivity index (χ0) is 71.6. The number of hydrogen-bond acceptors (Lipinski definition) is 14. The van der Waals surface area contributed by atoms with Crippen molar-refractivity contribution in [2.45, 2.75) is 134 Å². The smallest absolute Gasteiger partial charge is 0.401 e. The highest BCUT2D eigenvalue weighted by atomic mass is 19.4. The van der Waals surface area contributed by atoms with Crippen LogP contribution in [-0.2, 0) is 19.3 Å². The minimum atomic E-state index is -4.35. The molecule has 544 valence electrons. The number of fused-ring (bicyclic) bond motifs is 3. The first kappa shape index (κ1) is 75.6. The average Bonchev–Trinajstić information content (AvgIpc) is 0.774. The van der Waals surface area contributed by atoms with Gasteiger partial charge in [-0.3, -0.25) is 29.4 Å². The van der Waals surface area contributed by atoms with Crippen LogP contribution in [0.1, 0.15) is 139 Å². The van der Waals surface area contributed by atoms with Gasteiger partial charge >= 0.3 is 12.1 Å². The zero-order valence-corrected chi connectivity index (χ0v) is 58.3. The molecule has 0 saturated carbocycles. The van der Waals surface area contributed by atoms with Crippen LogP contribution in [0.4, 0.5) is 30.7 Å². The molecule has 15 nitrogen and oxygen atoms in total. The van der Waals surface area contributed by atoms with Crippen molar-refractivity contribution in [2.75, 3.05) is 112 Å². The Morgan fingerprint density at radius 1 is 0.440 bits per heavy atom. The summed E-state index contributed by atoms with van der Waals surface area (Å²) in [6.45, 7) is 19.0. The van der Waals surface area contributed by atoms with E-state index in [1.807, 2.05) is 86.6 Å². The van der Waals surface area contributed by atoms with Crippen molar-refractivity contribution in [2.24, 2.45) is 17.8 Å². The number of rotatable bonds is 26. The summed E-state index contributed by atoms with van der Waals surface area (Å²) in [7, 11) is 0. The molecule has 22 heteroatoms. The van der Waals surface area contributed by atoms with Crippen LogP contribution in [0.3, 0.4) is 0 Å². The Bertz CT molecular complexity index is 3460. The number of halogens is 7. The van der Waals surface area contributed by atoms with E-state index < -0.39 is 81.0 Å². The quantitative estimate of drug-likeness (QED) is 0.0326. The predicted molar refractivity (Wildman–Crippen MR) is 371 cm³/mol. The second-order valence-corrected chi connectivity index (χ2v) is 28.4. The van der Waals surface area contributed by atoms with Crippen molar-refractivity contribution >= 4 is 5.97 Å². The Morgan fingerprint density at radius 2 is 0.740 bits per heavy atom. The van der Waals surface area contributed by atoms with Gasteiger partial charge in [-0.15, -0.1) is 0 Å². The van der Waals surface area contributed by atoms with Crippen molar-refractivity contribution in [3.63, 3.8) is 0 Å². The summed E-state index contributed by atoms with van der Waals surface area (Å²) in [5.74, 6) is -2.49. The molecule has 100 heavy (non-hydrogen) atoms. The lowest BCUT2D eigenvalue weighted by Gasteiger charge is -2.43. The summed E-state index contributed by atoms with van der Waals surface area (Å²) in [6, 6.07) is 35.3. The van der Waals surface area contributed by atoms with Gasteiger partial charge in [-0.05, 0) is 181 Å². The fraction of sp³-hybridized carbons (Fsp3) is 0.526. The molecule has 12 rings (SSSR count). The van der Waals surface area contributed by atoms with Crippen molar-refractivity contribution in [3.8, 4) is 28.7 Å². The van der Waals surface area contributed by atoms with Gasteiger partial charge in [0.1, 0.15) is 61.8 Å². The summed E-state index contributed by atoms with van der Waals surface area (Å²) in [5, 5.41) is 47.6. The first-order valence-corrected chi connectivity index (χ1v) is 35.4. The lowest BCUT2D eigenvalue weighted by Crippen LogP contribution is -2.49. The minimum Gasteiger partial charge on any atom is -0.508 e. The van der Waals surface area contributed by atoms with Gasteiger partial charge in [0.25, 0.3) is 11.8 Å². The van der Waals surface area contributed by atoms with Crippen LogP contribution in [0, 0.1) is 17.8 Å². The summed E-state index contributed by atoms with van der Waals surface area (Å²) in [6.07, 6.45) is 0.772. The van der Waals surface area contributed by atoms with Gasteiger partial charge in [-0.25, -0.2) is 22.4 Å². The first-order valence-electron chi connectivity index (χ1n) is 35.4. The highest BCUT2D eigenvalue weighted by Crippen LogP contribution is 2.45. The number of carboxylic acids is 1. The van der Waals surface area contributed by atoms with E-state index in [1.54, 1.807) is 65.3 Å². The van der Waals surface area contributed by atoms with E-state index >= 15 is 0 Å². The van der Waals surface area contributed by atoms with Crippen LogP contribution >= 0.6 is 0 Å². The Balaban J connectivity index is 0.000000162. The van der Waals surface area contributed by atoms with Crippen molar-refractivity contribution in [1.82, 2.24) is 29.4 Å². The Kier molecular flexibility index (Phi) is 25.3. The summed E-state index contributed by atoms with van der Waals surface area (Å²) < 4.78 is 115. The fourth-order valence-corrected chi connectivity index (χ4v) is 15.0. The van der Waals surface area contributed by atoms with Crippen LogP contribution in [0.25, 0.3) is 0 Å². The molecule has 0 aromatic heterocycles. The molecular weight excluding hydrogens is 1300 g/mol. The topological polar surface area (TPSA) is 165 Å². The molecule has 6 aliphatic heterocycles. The second kappa shape index (κ2) is 33.4. The third-order valence-corrected chi connectivity index (χ3v) is 20.9. The number of ether oxygens (including phenoxy) is 3. The van der Waals surface area contributed by atoms with Crippen LogP contribution in [0.2, 0.25) is 0 Å². The lowest BCUT2D eigenvalue weighted by molar-refractivity contribution is -0.155. The van der Waals surface area contributed by atoms with Crippen molar-refractivity contribution in [3.05, 3.63) is 183 Å². The maximum Gasteiger partial charge on any atom is 0.401 e. The molecule has 0 amide bonds. The van der Waals surface area contributed by atoms with Crippen LogP contribution < -0.4 is 14.2 Å². The predicted octanol–water partition coefficient (Wildman–Crippen LogP) is 13.2. The second-order valence-electron chi connectivity index (χ2n) is 28.4. The number of aromatic carboxylic acids is 1. The number of carbonyl (C=O) groups is 1. The average molecular weight is 1400 g/mol. The number of alkyl halides is 7. The number of benzene rings is 6. The Labute approximate surface area is 583 Å². The number of aliphatic hydroxyl groups excluding tert-OH is 2. The summed E-state index contributed by atoms with van der Waals surface area (Å²) in [5.41, 5.74) is 7.82. The van der Waals surface area contributed by atoms with Gasteiger partial charge in [-0.2, -0.15) is 13.2 Å². The number of aliphatic hydroxyl groups is 2. The molecule has 3 fully saturated rings. The van der Waals surface area contributed by atoms with Crippen LogP contribution in [0.15, 0.2) is 127 Å². The molecular formula is C78H99F7N6O9. The highest BCUT2D eigenvalue weighted by molar-refractivity contribution is 5.88. The minimum absolute atomic E-state index is 0.144. The van der Waals surface area contributed by atoms with Crippen molar-refractivity contribution in [1.29, 1.82) is 0 Å². The molecule has 6 aliphatic rings. The Morgan fingerprint density at radius 3 is 1.03 bits per heavy atom. The van der Waals surface area contributed by atoms with E-state index in [4.69, 9.17) is 14.2 Å². The molecule has 5 N–H and O–H groups in total. The summed E-state index contributed by atoms with van der Waals surface area (Å²) >= 11 is 0. The standard InChI is InChI=1S/C26H31F3N2O3.2C26H34F2N2O3/c1-3-18-14-30(15-18)10-11-34-22-7-4-19(5-8-22)24-23-9-6-20(25(32)33)13-21(23)12-17(2)31(24)16-26(27,28)29;2*1-3-19-14-29(15-19)10-11-33-23-7-4-20(5-8-23)25-24-9-6-22(32)13-21(24)12-18(2)30(25)16-26(27,28)17-31/h4-9,13,17-18,24H,3,10-12,14-16H2,1-2H3,(H,32,33);2*4-9,13,18-19,25,31-32H,3,10-12,14-17H2,1-2H3/t17-,24-;2*18-,25-/m110/s1. The van der Waals surface area contributed by atoms with E-state index in [9.17, 15) is 61.1 Å². The van der Waals surface area contributed by atoms with E-state index in [-0.39, 0.29) is 29.1 Å². The molecule has 0 aliphatic carbocycles. The number of phenols is 2. The van der Waals surface area contributed by atoms with Crippen LogP contribution in [0.5, 0.6) is 28.7 Å². The van der Waals surface area contributed by atoms with E-state index in [2.05, 4.69) is 35.5 Å². The lowest BCUT2D eigenvalue weighted by atomic mass is 9.84. The molecule has 6 aromatic carbocycles. The maximum atomic E-state index is 14.2. The van der Waals surface area contributed by atoms with E-state index in [0.29, 0.717) is 50.4 Å². The number of phenolic OH excluding ortho intramolecular Hbond substituents is 2. The molecule has 6 aromatic rings. The highest BCUT2D eigenvalue weighted by Gasteiger charge is 2.44. The summed E-state index contributed by atoms with van der Waals surface area (Å²) in [4.78, 5) is 23.5. The number of hydrogen-bond donors (Lipinski definition) is 5. The largest absolute Gasteiger partial charge is 0.508 e. The number of carboxylic acid groups (broad SMARTS) is 1. The molecule has 0 spiro atoms. The maximum absolute atomic E-state index is 14.2. The van der Waals surface area contributed by atoms with Crippen molar-refractivity contribution < 1.29 is 75.3 Å². The third-order valence-electron chi connectivity index (χ3n) is 20.9. The van der Waals surface area contributed by atoms with Crippen LogP contribution in [-0.4, -0.2) is 209 Å². The number of aromatic hydroxyl groups is 2. The molecule has 6 atom stereocenters. The van der Waals surface area contributed by atoms with Gasteiger partial charge in [0.2, 0.25) is 0 Å². The molecule has 0 bridgehead atoms. The molecule has 3 saturated heterocycles. The van der Waals surface area contributed by atoms with E-state index in [0.717, 1.165) is 133 Å². The van der Waals surface area contributed by atoms with Gasteiger partial charge in [0, 0.05) is 77.0 Å². The number of likely N-dealkylation sites (tertiary alicyclic amines) is 3. The third kappa shape index (κ3) is 19.4.